The third-order valence-electron chi connectivity index (χ3n) is 1.81. The molecule has 0 aromatic carbocycles. The van der Waals surface area contributed by atoms with Gasteiger partial charge in [-0.15, -0.1) is 11.3 Å². The first-order chi connectivity index (χ1) is 6.54. The molecule has 0 saturated heterocycles. The molecule has 2 nitrogen and oxygen atoms in total. The molecule has 0 saturated carbocycles. The lowest BCUT2D eigenvalue weighted by atomic mass is 9.93. The molecule has 1 aromatic rings. The molecule has 4 heteroatoms. The second-order valence-electron chi connectivity index (χ2n) is 4.22. The van der Waals surface area contributed by atoms with Gasteiger partial charge in [-0.25, -0.2) is 4.98 Å². The monoisotopic (exact) mass is 230 g/mol. The van der Waals surface area contributed by atoms with Crippen molar-refractivity contribution < 1.29 is 0 Å². The summed E-state index contributed by atoms with van der Waals surface area (Å²) in [5, 5.41) is 3.38. The lowest BCUT2D eigenvalue weighted by Gasteiger charge is -2.14. The van der Waals surface area contributed by atoms with E-state index >= 15 is 0 Å². The van der Waals surface area contributed by atoms with Gasteiger partial charge in [-0.05, 0) is 0 Å². The number of thioether (sulfide) groups is 1. The maximum atomic E-state index is 5.43. The first kappa shape index (κ1) is 12.0. The minimum Gasteiger partial charge on any atom is -0.330 e. The van der Waals surface area contributed by atoms with Gasteiger partial charge in [-0.3, -0.25) is 0 Å². The second kappa shape index (κ2) is 5.14. The molecule has 0 fully saturated rings. The molecule has 1 aromatic heterocycles. The molecule has 0 aliphatic heterocycles. The standard InChI is InChI=1S/C10H18N2S2/c1-10(2,3)8-6-14-9(12-8)7-13-5-4-11/h6H,4-5,7,11H2,1-3H3. The van der Waals surface area contributed by atoms with E-state index in [1.54, 1.807) is 11.3 Å². The van der Waals surface area contributed by atoms with E-state index in [1.807, 2.05) is 11.8 Å². The summed E-state index contributed by atoms with van der Waals surface area (Å²) in [5.41, 5.74) is 6.80. The van der Waals surface area contributed by atoms with Crippen LogP contribution in [0.5, 0.6) is 0 Å². The van der Waals surface area contributed by atoms with Crippen molar-refractivity contribution >= 4 is 23.1 Å². The number of nitrogens with two attached hydrogens (primary N) is 1. The van der Waals surface area contributed by atoms with E-state index in [2.05, 4.69) is 31.1 Å². The number of nitrogens with zero attached hydrogens (tertiary/aromatic N) is 1. The predicted molar refractivity (Wildman–Crippen MR) is 66.0 cm³/mol. The highest BCUT2D eigenvalue weighted by atomic mass is 32.2. The molecular weight excluding hydrogens is 212 g/mol. The van der Waals surface area contributed by atoms with Crippen LogP contribution in [0.15, 0.2) is 5.38 Å². The first-order valence-electron chi connectivity index (χ1n) is 4.76. The van der Waals surface area contributed by atoms with Crippen LogP contribution >= 0.6 is 23.1 Å². The average Bonchev–Trinajstić information content (AvgIpc) is 2.52. The Hall–Kier alpha value is -0.0600. The molecule has 0 atom stereocenters. The van der Waals surface area contributed by atoms with Gasteiger partial charge in [-0.2, -0.15) is 11.8 Å². The molecule has 80 valence electrons. The van der Waals surface area contributed by atoms with E-state index in [1.165, 1.54) is 10.7 Å². The van der Waals surface area contributed by atoms with Gasteiger partial charge in [0.1, 0.15) is 5.01 Å². The van der Waals surface area contributed by atoms with Crippen molar-refractivity contribution in [3.63, 3.8) is 0 Å². The molecule has 0 bridgehead atoms. The lowest BCUT2D eigenvalue weighted by Crippen LogP contribution is -2.11. The zero-order chi connectivity index (χ0) is 10.6. The van der Waals surface area contributed by atoms with Crippen LogP contribution in [0.4, 0.5) is 0 Å². The van der Waals surface area contributed by atoms with Gasteiger partial charge >= 0.3 is 0 Å². The molecule has 1 heterocycles. The summed E-state index contributed by atoms with van der Waals surface area (Å²) in [4.78, 5) is 4.61. The van der Waals surface area contributed by atoms with Gasteiger partial charge in [0.25, 0.3) is 0 Å². The minimum absolute atomic E-state index is 0.174. The van der Waals surface area contributed by atoms with Crippen LogP contribution in [0.1, 0.15) is 31.5 Å². The van der Waals surface area contributed by atoms with Crippen molar-refractivity contribution in [2.24, 2.45) is 5.73 Å². The molecule has 0 aliphatic carbocycles. The number of thiazole rings is 1. The highest BCUT2D eigenvalue weighted by Gasteiger charge is 2.16. The van der Waals surface area contributed by atoms with Crippen molar-refractivity contribution in [2.75, 3.05) is 12.3 Å². The van der Waals surface area contributed by atoms with Crippen LogP contribution in [0.25, 0.3) is 0 Å². The van der Waals surface area contributed by atoms with Crippen LogP contribution in [-0.2, 0) is 11.2 Å². The fourth-order valence-corrected chi connectivity index (χ4v) is 2.84. The molecule has 0 spiro atoms. The number of hydrogen-bond donors (Lipinski definition) is 1. The zero-order valence-corrected chi connectivity index (χ0v) is 10.7. The molecule has 0 aliphatic rings. The second-order valence-corrected chi connectivity index (χ2v) is 6.27. The minimum atomic E-state index is 0.174. The molecule has 0 unspecified atom stereocenters. The highest BCUT2D eigenvalue weighted by Crippen LogP contribution is 2.25. The Bertz CT molecular complexity index is 276. The molecule has 0 radical (unpaired) electrons. The Morgan fingerprint density at radius 2 is 2.21 bits per heavy atom. The molecule has 1 rings (SSSR count). The SMILES string of the molecule is CC(C)(C)c1csc(CSCCN)n1. The van der Waals surface area contributed by atoms with E-state index in [4.69, 9.17) is 5.73 Å². The zero-order valence-electron chi connectivity index (χ0n) is 9.04. The van der Waals surface area contributed by atoms with Crippen LogP contribution in [0.3, 0.4) is 0 Å². The van der Waals surface area contributed by atoms with E-state index in [9.17, 15) is 0 Å². The van der Waals surface area contributed by atoms with Crippen LogP contribution in [0, 0.1) is 0 Å². The van der Waals surface area contributed by atoms with Gasteiger partial charge in [0, 0.05) is 28.8 Å². The summed E-state index contributed by atoms with van der Waals surface area (Å²) in [6.45, 7) is 7.33. The van der Waals surface area contributed by atoms with Gasteiger partial charge in [-0.1, -0.05) is 20.8 Å². The van der Waals surface area contributed by atoms with E-state index in [-0.39, 0.29) is 5.41 Å². The topological polar surface area (TPSA) is 38.9 Å². The Kier molecular flexibility index (Phi) is 4.41. The maximum Gasteiger partial charge on any atom is 0.103 e. The third-order valence-corrected chi connectivity index (χ3v) is 3.84. The Balaban J connectivity index is 2.51. The van der Waals surface area contributed by atoms with E-state index in [0.29, 0.717) is 0 Å². The van der Waals surface area contributed by atoms with E-state index in [0.717, 1.165) is 18.1 Å². The summed E-state index contributed by atoms with van der Waals surface area (Å²) < 4.78 is 0. The van der Waals surface area contributed by atoms with Crippen molar-refractivity contribution in [2.45, 2.75) is 31.9 Å². The highest BCUT2D eigenvalue weighted by molar-refractivity contribution is 7.98. The fourth-order valence-electron chi connectivity index (χ4n) is 0.964. The van der Waals surface area contributed by atoms with E-state index < -0.39 is 0 Å². The van der Waals surface area contributed by atoms with Gasteiger partial charge in [0.05, 0.1) is 5.69 Å². The fraction of sp³-hybridized carbons (Fsp3) is 0.700. The number of aromatic nitrogens is 1. The molecule has 2 N–H and O–H groups in total. The lowest BCUT2D eigenvalue weighted by molar-refractivity contribution is 0.572. The Labute approximate surface area is 94.3 Å². The van der Waals surface area contributed by atoms with Crippen molar-refractivity contribution in [1.82, 2.24) is 4.98 Å². The summed E-state index contributed by atoms with van der Waals surface area (Å²) >= 11 is 3.61. The molecular formula is C10H18N2S2. The third kappa shape index (κ3) is 3.59. The first-order valence-corrected chi connectivity index (χ1v) is 6.80. The summed E-state index contributed by atoms with van der Waals surface area (Å²) in [6.07, 6.45) is 0. The quantitative estimate of drug-likeness (QED) is 0.808. The van der Waals surface area contributed by atoms with Gasteiger partial charge in [0.15, 0.2) is 0 Å². The normalized spacial score (nSPS) is 12.0. The van der Waals surface area contributed by atoms with Crippen molar-refractivity contribution in [3.8, 4) is 0 Å². The summed E-state index contributed by atoms with van der Waals surface area (Å²) in [5.74, 6) is 2.02. The Morgan fingerprint density at radius 3 is 2.71 bits per heavy atom. The van der Waals surface area contributed by atoms with Crippen LogP contribution in [-0.4, -0.2) is 17.3 Å². The van der Waals surface area contributed by atoms with Crippen LogP contribution < -0.4 is 5.73 Å². The molecule has 0 amide bonds. The number of hydrogen-bond acceptors (Lipinski definition) is 4. The average molecular weight is 230 g/mol. The van der Waals surface area contributed by atoms with Crippen molar-refractivity contribution in [3.05, 3.63) is 16.1 Å². The van der Waals surface area contributed by atoms with Gasteiger partial charge < -0.3 is 5.73 Å². The molecule has 14 heavy (non-hydrogen) atoms. The maximum absolute atomic E-state index is 5.43. The number of rotatable bonds is 4. The van der Waals surface area contributed by atoms with Crippen molar-refractivity contribution in [1.29, 1.82) is 0 Å². The Morgan fingerprint density at radius 1 is 1.50 bits per heavy atom. The summed E-state index contributed by atoms with van der Waals surface area (Å²) in [7, 11) is 0. The van der Waals surface area contributed by atoms with Crippen LogP contribution in [0.2, 0.25) is 0 Å². The summed E-state index contributed by atoms with van der Waals surface area (Å²) in [6, 6.07) is 0. The predicted octanol–water partition coefficient (Wildman–Crippen LogP) is 2.63. The largest absolute Gasteiger partial charge is 0.330 e. The van der Waals surface area contributed by atoms with Gasteiger partial charge in [0.2, 0.25) is 0 Å². The smallest absolute Gasteiger partial charge is 0.103 e.